The van der Waals surface area contributed by atoms with E-state index in [9.17, 15) is 9.90 Å². The fourth-order valence-electron chi connectivity index (χ4n) is 1.95. The summed E-state index contributed by atoms with van der Waals surface area (Å²) >= 11 is 0. The second-order valence-corrected chi connectivity index (χ2v) is 4.74. The Hall–Kier alpha value is -2.36. The van der Waals surface area contributed by atoms with E-state index in [1.165, 1.54) is 0 Å². The van der Waals surface area contributed by atoms with Crippen LogP contribution in [0.3, 0.4) is 0 Å². The zero-order valence-corrected chi connectivity index (χ0v) is 10.3. The number of rotatable bonds is 3. The second-order valence-electron chi connectivity index (χ2n) is 4.74. The van der Waals surface area contributed by atoms with Crippen LogP contribution in [0.25, 0.3) is 10.8 Å². The van der Waals surface area contributed by atoms with Crippen molar-refractivity contribution in [2.45, 2.75) is 12.8 Å². The van der Waals surface area contributed by atoms with Crippen LogP contribution in [0.4, 0.5) is 0 Å². The quantitative estimate of drug-likeness (QED) is 0.653. The monoisotopic (exact) mass is 254 g/mol. The third kappa shape index (κ3) is 2.42. The lowest BCUT2D eigenvalue weighted by Crippen LogP contribution is -2.17. The average Bonchev–Trinajstić information content (AvgIpc) is 3.23. The van der Waals surface area contributed by atoms with Gasteiger partial charge in [-0.05, 0) is 30.2 Å². The van der Waals surface area contributed by atoms with Gasteiger partial charge in [-0.2, -0.15) is 5.10 Å². The van der Waals surface area contributed by atoms with Crippen LogP contribution in [-0.4, -0.2) is 17.2 Å². The minimum atomic E-state index is -0.389. The fourth-order valence-corrected chi connectivity index (χ4v) is 1.95. The molecule has 2 aromatic rings. The summed E-state index contributed by atoms with van der Waals surface area (Å²) in [6, 6.07) is 10.8. The molecule has 1 aliphatic rings. The number of nitrogens with zero attached hydrogens (tertiary/aromatic N) is 1. The number of hydrogen-bond acceptors (Lipinski definition) is 3. The van der Waals surface area contributed by atoms with Gasteiger partial charge in [-0.3, -0.25) is 4.79 Å². The first-order valence-electron chi connectivity index (χ1n) is 6.30. The van der Waals surface area contributed by atoms with Crippen molar-refractivity contribution in [1.29, 1.82) is 0 Å². The summed E-state index contributed by atoms with van der Waals surface area (Å²) in [5.41, 5.74) is 2.69. The predicted molar refractivity (Wildman–Crippen MR) is 74.3 cm³/mol. The van der Waals surface area contributed by atoms with E-state index in [2.05, 4.69) is 10.5 Å². The van der Waals surface area contributed by atoms with E-state index in [1.807, 2.05) is 24.3 Å². The van der Waals surface area contributed by atoms with Crippen molar-refractivity contribution in [3.05, 3.63) is 42.0 Å². The molecule has 1 aliphatic carbocycles. The Morgan fingerprint density at radius 3 is 2.84 bits per heavy atom. The molecular weight excluding hydrogens is 240 g/mol. The second kappa shape index (κ2) is 4.72. The molecule has 4 nitrogen and oxygen atoms in total. The van der Waals surface area contributed by atoms with Crippen molar-refractivity contribution >= 4 is 22.9 Å². The molecule has 1 saturated carbocycles. The van der Waals surface area contributed by atoms with Gasteiger partial charge >= 0.3 is 0 Å². The number of amides is 1. The Balaban J connectivity index is 1.86. The van der Waals surface area contributed by atoms with E-state index in [-0.39, 0.29) is 17.2 Å². The van der Waals surface area contributed by atoms with E-state index in [0.29, 0.717) is 11.3 Å². The molecule has 0 aliphatic heterocycles. The van der Waals surface area contributed by atoms with Crippen LogP contribution < -0.4 is 5.43 Å². The highest BCUT2D eigenvalue weighted by Gasteiger charge is 2.19. The molecule has 0 unspecified atom stereocenters. The third-order valence-electron chi connectivity index (χ3n) is 3.22. The molecule has 0 atom stereocenters. The van der Waals surface area contributed by atoms with Crippen molar-refractivity contribution in [2.24, 2.45) is 11.0 Å². The zero-order valence-electron chi connectivity index (χ0n) is 10.3. The SMILES string of the molecule is O=C(N/N=C/C1CC1)c1ccc2ccccc2c1O. The highest BCUT2D eigenvalue weighted by molar-refractivity contribution is 6.03. The van der Waals surface area contributed by atoms with E-state index >= 15 is 0 Å². The molecule has 2 N–H and O–H groups in total. The zero-order chi connectivity index (χ0) is 13.2. The number of carbonyl (C=O) groups is 1. The normalized spacial score (nSPS) is 14.9. The minimum absolute atomic E-state index is 0.00257. The molecule has 0 radical (unpaired) electrons. The summed E-state index contributed by atoms with van der Waals surface area (Å²) < 4.78 is 0. The summed E-state index contributed by atoms with van der Waals surface area (Å²) in [4.78, 5) is 11.9. The lowest BCUT2D eigenvalue weighted by Gasteiger charge is -2.06. The highest BCUT2D eigenvalue weighted by atomic mass is 16.3. The maximum atomic E-state index is 11.9. The number of aromatic hydroxyl groups is 1. The Kier molecular flexibility index (Phi) is 2.91. The number of hydrazone groups is 1. The molecule has 0 aromatic heterocycles. The molecule has 0 spiro atoms. The van der Waals surface area contributed by atoms with Gasteiger partial charge in [0.1, 0.15) is 5.75 Å². The van der Waals surface area contributed by atoms with Crippen molar-refractivity contribution < 1.29 is 9.90 Å². The Morgan fingerprint density at radius 1 is 1.26 bits per heavy atom. The lowest BCUT2D eigenvalue weighted by atomic mass is 10.1. The smallest absolute Gasteiger partial charge is 0.275 e. The molecule has 0 bridgehead atoms. The summed E-state index contributed by atoms with van der Waals surface area (Å²) in [7, 11) is 0. The maximum absolute atomic E-state index is 11.9. The first kappa shape index (κ1) is 11.7. The van der Waals surface area contributed by atoms with E-state index < -0.39 is 0 Å². The first-order valence-corrected chi connectivity index (χ1v) is 6.30. The van der Waals surface area contributed by atoms with Gasteiger partial charge in [-0.1, -0.05) is 30.3 Å². The highest BCUT2D eigenvalue weighted by Crippen LogP contribution is 2.28. The molecule has 0 heterocycles. The molecular formula is C15H14N2O2. The molecule has 0 saturated heterocycles. The van der Waals surface area contributed by atoms with Crippen molar-refractivity contribution in [3.8, 4) is 5.75 Å². The van der Waals surface area contributed by atoms with Crippen LogP contribution in [0.5, 0.6) is 5.75 Å². The van der Waals surface area contributed by atoms with Crippen molar-refractivity contribution in [2.75, 3.05) is 0 Å². The Labute approximate surface area is 110 Å². The number of fused-ring (bicyclic) bond motifs is 1. The molecule has 3 rings (SSSR count). The first-order chi connectivity index (χ1) is 9.25. The van der Waals surface area contributed by atoms with E-state index in [4.69, 9.17) is 0 Å². The number of nitrogens with one attached hydrogen (secondary N) is 1. The number of carbonyl (C=O) groups excluding carboxylic acids is 1. The maximum Gasteiger partial charge on any atom is 0.275 e. The fraction of sp³-hybridized carbons (Fsp3) is 0.200. The van der Waals surface area contributed by atoms with Crippen molar-refractivity contribution in [3.63, 3.8) is 0 Å². The van der Waals surface area contributed by atoms with Crippen LogP contribution >= 0.6 is 0 Å². The van der Waals surface area contributed by atoms with Gasteiger partial charge in [0.05, 0.1) is 5.56 Å². The molecule has 2 aromatic carbocycles. The van der Waals surface area contributed by atoms with Crippen LogP contribution in [0.15, 0.2) is 41.5 Å². The largest absolute Gasteiger partial charge is 0.506 e. The number of benzene rings is 2. The number of hydrogen-bond donors (Lipinski definition) is 2. The molecule has 1 amide bonds. The van der Waals surface area contributed by atoms with Gasteiger partial charge in [0.15, 0.2) is 0 Å². The summed E-state index contributed by atoms with van der Waals surface area (Å²) in [6.07, 6.45) is 4.02. The Bertz CT molecular complexity index is 660. The molecule has 19 heavy (non-hydrogen) atoms. The molecule has 96 valence electrons. The average molecular weight is 254 g/mol. The van der Waals surface area contributed by atoms with Crippen LogP contribution in [0.2, 0.25) is 0 Å². The van der Waals surface area contributed by atoms with Crippen LogP contribution in [-0.2, 0) is 0 Å². The van der Waals surface area contributed by atoms with Crippen LogP contribution in [0.1, 0.15) is 23.2 Å². The summed E-state index contributed by atoms with van der Waals surface area (Å²) in [6.45, 7) is 0. The third-order valence-corrected chi connectivity index (χ3v) is 3.22. The van der Waals surface area contributed by atoms with Gasteiger partial charge < -0.3 is 5.11 Å². The molecule has 4 heteroatoms. The van der Waals surface area contributed by atoms with E-state index in [0.717, 1.165) is 18.2 Å². The van der Waals surface area contributed by atoms with Gasteiger partial charge in [0, 0.05) is 11.6 Å². The Morgan fingerprint density at radius 2 is 2.05 bits per heavy atom. The molecule has 1 fully saturated rings. The summed E-state index contributed by atoms with van der Waals surface area (Å²) in [5, 5.41) is 15.6. The number of phenols is 1. The predicted octanol–water partition coefficient (Wildman–Crippen LogP) is 2.67. The van der Waals surface area contributed by atoms with Gasteiger partial charge in [0.2, 0.25) is 0 Å². The minimum Gasteiger partial charge on any atom is -0.506 e. The number of phenolic OH excluding ortho intramolecular Hbond substituents is 1. The van der Waals surface area contributed by atoms with Gasteiger partial charge in [-0.25, -0.2) is 5.43 Å². The van der Waals surface area contributed by atoms with Gasteiger partial charge in [-0.15, -0.1) is 0 Å². The lowest BCUT2D eigenvalue weighted by molar-refractivity contribution is 0.0952. The van der Waals surface area contributed by atoms with Crippen LogP contribution in [0, 0.1) is 5.92 Å². The summed E-state index contributed by atoms with van der Waals surface area (Å²) in [5.74, 6) is 0.114. The standard InChI is InChI=1S/C15H14N2O2/c18-14-12-4-2-1-3-11(12)7-8-13(14)15(19)17-16-9-10-5-6-10/h1-4,7-10,18H,5-6H2,(H,17,19)/b16-9+. The van der Waals surface area contributed by atoms with Gasteiger partial charge in [0.25, 0.3) is 5.91 Å². The van der Waals surface area contributed by atoms with E-state index in [1.54, 1.807) is 18.3 Å². The van der Waals surface area contributed by atoms with Crippen molar-refractivity contribution in [1.82, 2.24) is 5.43 Å². The topological polar surface area (TPSA) is 61.7 Å².